The largest absolute Gasteiger partial charge is 0.310 e. The number of rotatable bonds is 3. The number of fused-ring (bicyclic) bond motifs is 1. The van der Waals surface area contributed by atoms with Crippen LogP contribution >= 0.6 is 11.3 Å². The Balaban J connectivity index is 1.62. The fourth-order valence-corrected chi connectivity index (χ4v) is 4.51. The SMILES string of the molecule is Cc1ccc(-c2cnnc(-n3nc(C)c4c3NC(=O)C[C@H]4c3cccs3)n2)cc1. The zero-order valence-corrected chi connectivity index (χ0v) is 16.8. The smallest absolute Gasteiger partial charge is 0.272 e. The molecule has 1 amide bonds. The minimum Gasteiger partial charge on any atom is -0.310 e. The second kappa shape index (κ2) is 6.89. The fraction of sp³-hybridized carbons (Fsp3) is 0.190. The number of aromatic nitrogens is 5. The van der Waals surface area contributed by atoms with Gasteiger partial charge in [0.05, 0.1) is 17.6 Å². The van der Waals surface area contributed by atoms with E-state index in [4.69, 9.17) is 0 Å². The quantitative estimate of drug-likeness (QED) is 0.562. The van der Waals surface area contributed by atoms with Crippen molar-refractivity contribution >= 4 is 23.1 Å². The highest BCUT2D eigenvalue weighted by atomic mass is 32.1. The van der Waals surface area contributed by atoms with E-state index in [9.17, 15) is 4.79 Å². The second-order valence-corrected chi connectivity index (χ2v) is 8.07. The molecular formula is C21H18N6OS. The molecule has 1 N–H and O–H groups in total. The average Bonchev–Trinajstić information content (AvgIpc) is 3.37. The van der Waals surface area contributed by atoms with Gasteiger partial charge in [-0.3, -0.25) is 4.79 Å². The zero-order valence-electron chi connectivity index (χ0n) is 16.0. The van der Waals surface area contributed by atoms with Crippen LogP contribution < -0.4 is 5.32 Å². The Bertz CT molecular complexity index is 1200. The Morgan fingerprint density at radius 2 is 2.00 bits per heavy atom. The molecule has 1 aliphatic heterocycles. The first-order valence-corrected chi connectivity index (χ1v) is 10.2. The van der Waals surface area contributed by atoms with Crippen molar-refractivity contribution in [2.75, 3.05) is 5.32 Å². The Labute approximate surface area is 171 Å². The van der Waals surface area contributed by atoms with Crippen LogP contribution in [-0.4, -0.2) is 30.9 Å². The molecule has 8 heteroatoms. The lowest BCUT2D eigenvalue weighted by Gasteiger charge is -2.22. The molecule has 0 saturated carbocycles. The van der Waals surface area contributed by atoms with Gasteiger partial charge in [0.1, 0.15) is 5.82 Å². The van der Waals surface area contributed by atoms with Gasteiger partial charge in [-0.15, -0.1) is 16.4 Å². The molecule has 7 nitrogen and oxygen atoms in total. The number of benzene rings is 1. The van der Waals surface area contributed by atoms with Gasteiger partial charge in [-0.05, 0) is 25.3 Å². The third-order valence-corrected chi connectivity index (χ3v) is 6.06. The molecule has 3 aromatic heterocycles. The number of hydrogen-bond acceptors (Lipinski definition) is 6. The number of hydrogen-bond donors (Lipinski definition) is 1. The molecule has 1 aromatic carbocycles. The van der Waals surface area contributed by atoms with Gasteiger partial charge < -0.3 is 5.32 Å². The number of carbonyl (C=O) groups is 1. The topological polar surface area (TPSA) is 85.6 Å². The van der Waals surface area contributed by atoms with Crippen LogP contribution in [0.5, 0.6) is 0 Å². The maximum absolute atomic E-state index is 12.4. The van der Waals surface area contributed by atoms with E-state index >= 15 is 0 Å². The van der Waals surface area contributed by atoms with Gasteiger partial charge in [-0.1, -0.05) is 35.9 Å². The van der Waals surface area contributed by atoms with E-state index in [-0.39, 0.29) is 11.8 Å². The number of thiophene rings is 1. The summed E-state index contributed by atoms with van der Waals surface area (Å²) in [6.45, 7) is 3.99. The summed E-state index contributed by atoms with van der Waals surface area (Å²) in [5, 5.41) is 17.9. The van der Waals surface area contributed by atoms with Crippen LogP contribution in [0.2, 0.25) is 0 Å². The van der Waals surface area contributed by atoms with Gasteiger partial charge in [-0.25, -0.2) is 4.98 Å². The highest BCUT2D eigenvalue weighted by Crippen LogP contribution is 2.41. The lowest BCUT2D eigenvalue weighted by atomic mass is 9.91. The summed E-state index contributed by atoms with van der Waals surface area (Å²) < 4.78 is 1.59. The minimum atomic E-state index is -0.0419. The van der Waals surface area contributed by atoms with E-state index in [1.54, 1.807) is 22.2 Å². The van der Waals surface area contributed by atoms with Crippen LogP contribution in [0, 0.1) is 13.8 Å². The van der Waals surface area contributed by atoms with Gasteiger partial charge in [0.2, 0.25) is 5.91 Å². The summed E-state index contributed by atoms with van der Waals surface area (Å²) in [6.07, 6.45) is 2.03. The molecule has 0 radical (unpaired) electrons. The standard InChI is InChI=1S/C21H18N6OS/c1-12-5-7-14(8-6-12)16-11-22-25-21(23-16)27-20-19(13(2)26-27)15(10-18(28)24-20)17-4-3-9-29-17/h3-9,11,15H,10H2,1-2H3,(H,24,28)/t15-/m0/s1. The van der Waals surface area contributed by atoms with Crippen LogP contribution in [0.15, 0.2) is 48.0 Å². The van der Waals surface area contributed by atoms with E-state index in [0.717, 1.165) is 21.7 Å². The molecule has 0 fully saturated rings. The van der Waals surface area contributed by atoms with Gasteiger partial charge >= 0.3 is 0 Å². The van der Waals surface area contributed by atoms with Crippen LogP contribution in [0.4, 0.5) is 5.82 Å². The Kier molecular flexibility index (Phi) is 4.21. The molecule has 29 heavy (non-hydrogen) atoms. The molecule has 0 unspecified atom stereocenters. The van der Waals surface area contributed by atoms with Gasteiger partial charge in [0, 0.05) is 28.3 Å². The average molecular weight is 402 g/mol. The van der Waals surface area contributed by atoms with Crippen LogP contribution in [0.3, 0.4) is 0 Å². The number of amides is 1. The minimum absolute atomic E-state index is 0.0132. The van der Waals surface area contributed by atoms with Crippen molar-refractivity contribution in [2.45, 2.75) is 26.2 Å². The molecule has 4 aromatic rings. The second-order valence-electron chi connectivity index (χ2n) is 7.09. The van der Waals surface area contributed by atoms with E-state index in [0.29, 0.717) is 23.9 Å². The fourth-order valence-electron chi connectivity index (χ4n) is 3.67. The van der Waals surface area contributed by atoms with Crippen molar-refractivity contribution in [1.82, 2.24) is 25.0 Å². The van der Waals surface area contributed by atoms with Crippen LogP contribution in [0.25, 0.3) is 17.2 Å². The van der Waals surface area contributed by atoms with Gasteiger partial charge in [0.25, 0.3) is 5.95 Å². The lowest BCUT2D eigenvalue weighted by Crippen LogP contribution is -2.25. The first kappa shape index (κ1) is 17.7. The van der Waals surface area contributed by atoms with E-state index in [1.165, 1.54) is 5.56 Å². The number of aryl methyl sites for hydroxylation is 2. The summed E-state index contributed by atoms with van der Waals surface area (Å²) in [4.78, 5) is 18.2. The van der Waals surface area contributed by atoms with Crippen molar-refractivity contribution in [2.24, 2.45) is 0 Å². The molecule has 1 atom stereocenters. The monoisotopic (exact) mass is 402 g/mol. The first-order valence-electron chi connectivity index (χ1n) is 9.30. The van der Waals surface area contributed by atoms with Crippen LogP contribution in [-0.2, 0) is 4.79 Å². The van der Waals surface area contributed by atoms with E-state index in [2.05, 4.69) is 31.7 Å². The lowest BCUT2D eigenvalue weighted by molar-refractivity contribution is -0.116. The van der Waals surface area contributed by atoms with Crippen molar-refractivity contribution in [3.63, 3.8) is 0 Å². The summed E-state index contributed by atoms with van der Waals surface area (Å²) in [6, 6.07) is 12.1. The van der Waals surface area contributed by atoms with Crippen molar-refractivity contribution < 1.29 is 4.79 Å². The number of anilines is 1. The summed E-state index contributed by atoms with van der Waals surface area (Å²) in [7, 11) is 0. The Morgan fingerprint density at radius 1 is 1.17 bits per heavy atom. The van der Waals surface area contributed by atoms with E-state index < -0.39 is 0 Å². The highest BCUT2D eigenvalue weighted by Gasteiger charge is 2.33. The normalized spacial score (nSPS) is 15.8. The maximum atomic E-state index is 12.4. The molecule has 0 aliphatic carbocycles. The first-order chi connectivity index (χ1) is 14.1. The number of carbonyl (C=O) groups excluding carboxylic acids is 1. The summed E-state index contributed by atoms with van der Waals surface area (Å²) >= 11 is 1.65. The molecule has 0 bridgehead atoms. The Morgan fingerprint density at radius 3 is 2.76 bits per heavy atom. The summed E-state index contributed by atoms with van der Waals surface area (Å²) in [5.74, 6) is 0.903. The Hall–Kier alpha value is -3.39. The molecular weight excluding hydrogens is 384 g/mol. The van der Waals surface area contributed by atoms with Gasteiger partial charge in [-0.2, -0.15) is 14.9 Å². The van der Waals surface area contributed by atoms with Crippen LogP contribution in [0.1, 0.15) is 34.0 Å². The van der Waals surface area contributed by atoms with Crippen molar-refractivity contribution in [3.8, 4) is 17.2 Å². The summed E-state index contributed by atoms with van der Waals surface area (Å²) in [5.41, 5.74) is 4.69. The predicted octanol–water partition coefficient (Wildman–Crippen LogP) is 3.88. The molecule has 4 heterocycles. The molecule has 5 rings (SSSR count). The van der Waals surface area contributed by atoms with Gasteiger partial charge in [0.15, 0.2) is 0 Å². The van der Waals surface area contributed by atoms with Crippen molar-refractivity contribution in [3.05, 3.63) is 69.7 Å². The highest BCUT2D eigenvalue weighted by molar-refractivity contribution is 7.10. The van der Waals surface area contributed by atoms with Crippen molar-refractivity contribution in [1.29, 1.82) is 0 Å². The molecule has 0 saturated heterocycles. The number of nitrogens with one attached hydrogen (secondary N) is 1. The molecule has 0 spiro atoms. The maximum Gasteiger partial charge on any atom is 0.272 e. The zero-order chi connectivity index (χ0) is 20.0. The molecule has 1 aliphatic rings. The third-order valence-electron chi connectivity index (χ3n) is 5.07. The van der Waals surface area contributed by atoms with E-state index in [1.807, 2.05) is 49.6 Å². The molecule has 144 valence electrons. The predicted molar refractivity (Wildman–Crippen MR) is 111 cm³/mol. The number of nitrogens with zero attached hydrogens (tertiary/aromatic N) is 5. The third kappa shape index (κ3) is 3.11.